The van der Waals surface area contributed by atoms with Crippen molar-refractivity contribution in [3.05, 3.63) is 83.7 Å². The fourth-order valence-electron chi connectivity index (χ4n) is 5.97. The molecule has 2 aromatic carbocycles. The van der Waals surface area contributed by atoms with Crippen molar-refractivity contribution < 1.29 is 33.7 Å². The lowest BCUT2D eigenvalue weighted by Crippen LogP contribution is -2.42. The summed E-state index contributed by atoms with van der Waals surface area (Å²) in [5, 5.41) is 13.2. The number of hydrogen-bond donors (Lipinski definition) is 2. The Morgan fingerprint density at radius 1 is 1.04 bits per heavy atom. The number of carboxylic acids is 1. The Hall–Kier alpha value is -4.90. The number of anilines is 1. The number of aromatic nitrogens is 2. The molecule has 1 aliphatic heterocycles. The van der Waals surface area contributed by atoms with Crippen molar-refractivity contribution in [3.63, 3.8) is 0 Å². The number of rotatable bonds is 7. The summed E-state index contributed by atoms with van der Waals surface area (Å²) in [6.07, 6.45) is 1.63. The number of alkyl carbamates (subject to hydrolysis) is 1. The molecule has 1 aliphatic carbocycles. The van der Waals surface area contributed by atoms with Crippen LogP contribution in [0.3, 0.4) is 0 Å². The number of pyridine rings is 1. The quantitative estimate of drug-likeness (QED) is 0.289. The molecule has 0 radical (unpaired) electrons. The summed E-state index contributed by atoms with van der Waals surface area (Å²) in [6.45, 7) is 7.86. The standard InChI is InChI=1S/C34H36N4O7/c1-34(2,3)45-33(42)38-19-21(27-17-22(18-35-30(27)38)37-12-14-43-15-13-37)16-29(31(39)40)36-32(41)44-20-28-25-10-6-4-8-23(25)24-9-5-7-11-26(24)28/h4-11,17-19,28-29H,12-16,20H2,1-3H3,(H,36,41)(H,39,40)/t29-/m0/s1. The highest BCUT2D eigenvalue weighted by Gasteiger charge is 2.31. The van der Waals surface area contributed by atoms with Crippen LogP contribution in [0, 0.1) is 0 Å². The van der Waals surface area contributed by atoms with Crippen molar-refractivity contribution in [2.45, 2.75) is 44.8 Å². The van der Waals surface area contributed by atoms with Gasteiger partial charge in [-0.25, -0.2) is 23.9 Å². The number of carbonyl (C=O) groups excluding carboxylic acids is 2. The first-order valence-corrected chi connectivity index (χ1v) is 15.0. The number of benzene rings is 2. The number of ether oxygens (including phenoxy) is 3. The molecule has 11 heteroatoms. The van der Waals surface area contributed by atoms with Gasteiger partial charge in [-0.05, 0) is 54.7 Å². The SMILES string of the molecule is CC(C)(C)OC(=O)n1cc(C[C@H](NC(=O)OCC2c3ccccc3-c3ccccc32)C(=O)O)c2cc(N3CCOCC3)cnc21. The van der Waals surface area contributed by atoms with Gasteiger partial charge >= 0.3 is 18.2 Å². The maximum atomic E-state index is 13.1. The zero-order valence-corrected chi connectivity index (χ0v) is 25.5. The molecule has 2 aliphatic rings. The second kappa shape index (κ2) is 12.2. The third-order valence-electron chi connectivity index (χ3n) is 8.04. The van der Waals surface area contributed by atoms with Crippen molar-refractivity contribution in [2.75, 3.05) is 37.8 Å². The van der Waals surface area contributed by atoms with Crippen molar-refractivity contribution in [1.82, 2.24) is 14.9 Å². The molecule has 1 amide bonds. The molecule has 6 rings (SSSR count). The van der Waals surface area contributed by atoms with E-state index in [1.54, 1.807) is 27.0 Å². The number of morpholine rings is 1. The van der Waals surface area contributed by atoms with Crippen molar-refractivity contribution in [1.29, 1.82) is 0 Å². The van der Waals surface area contributed by atoms with Gasteiger partial charge < -0.3 is 29.5 Å². The average Bonchev–Trinajstić information content (AvgIpc) is 3.54. The van der Waals surface area contributed by atoms with Crippen molar-refractivity contribution in [2.24, 2.45) is 0 Å². The van der Waals surface area contributed by atoms with E-state index in [1.807, 2.05) is 54.6 Å². The Morgan fingerprint density at radius 2 is 1.69 bits per heavy atom. The summed E-state index contributed by atoms with van der Waals surface area (Å²) in [6, 6.07) is 16.5. The summed E-state index contributed by atoms with van der Waals surface area (Å²) >= 11 is 0. The predicted octanol–water partition coefficient (Wildman–Crippen LogP) is 5.19. The lowest BCUT2D eigenvalue weighted by Gasteiger charge is -2.28. The summed E-state index contributed by atoms with van der Waals surface area (Å²) in [4.78, 5) is 45.2. The van der Waals surface area contributed by atoms with Crippen molar-refractivity contribution >= 4 is 34.9 Å². The molecule has 4 aromatic rings. The second-order valence-electron chi connectivity index (χ2n) is 12.2. The Bertz CT molecular complexity index is 1710. The highest BCUT2D eigenvalue weighted by atomic mass is 16.6. The minimum absolute atomic E-state index is 0.0526. The molecule has 0 unspecified atom stereocenters. The zero-order chi connectivity index (χ0) is 31.7. The van der Waals surface area contributed by atoms with Crippen LogP contribution in [0.4, 0.5) is 15.3 Å². The molecule has 2 N–H and O–H groups in total. The monoisotopic (exact) mass is 612 g/mol. The number of carboxylic acid groups (broad SMARTS) is 1. The third-order valence-corrected chi connectivity index (χ3v) is 8.04. The minimum Gasteiger partial charge on any atom is -0.480 e. The molecule has 45 heavy (non-hydrogen) atoms. The van der Waals surface area contributed by atoms with E-state index in [4.69, 9.17) is 14.2 Å². The molecule has 0 spiro atoms. The molecule has 1 saturated heterocycles. The van der Waals surface area contributed by atoms with E-state index in [-0.39, 0.29) is 18.9 Å². The minimum atomic E-state index is -1.33. The molecule has 2 aromatic heterocycles. The van der Waals surface area contributed by atoms with Gasteiger partial charge in [0.2, 0.25) is 0 Å². The molecule has 1 fully saturated rings. The smallest absolute Gasteiger partial charge is 0.420 e. The van der Waals surface area contributed by atoms with Crippen LogP contribution in [-0.2, 0) is 25.4 Å². The van der Waals surface area contributed by atoms with E-state index >= 15 is 0 Å². The molecule has 0 saturated carbocycles. The number of carbonyl (C=O) groups is 3. The molecule has 234 valence electrons. The van der Waals surface area contributed by atoms with E-state index in [9.17, 15) is 19.5 Å². The third kappa shape index (κ3) is 6.34. The first-order chi connectivity index (χ1) is 21.6. The number of amides is 1. The highest BCUT2D eigenvalue weighted by molar-refractivity contribution is 5.92. The Balaban J connectivity index is 1.23. The van der Waals surface area contributed by atoms with Crippen molar-refractivity contribution in [3.8, 4) is 11.1 Å². The Labute approximate surface area is 260 Å². The van der Waals surface area contributed by atoms with Gasteiger partial charge in [-0.3, -0.25) is 0 Å². The van der Waals surface area contributed by atoms with E-state index in [0.717, 1.165) is 27.9 Å². The lowest BCUT2D eigenvalue weighted by molar-refractivity contribution is -0.139. The molecule has 3 heterocycles. The van der Waals surface area contributed by atoms with Gasteiger partial charge in [0.1, 0.15) is 23.9 Å². The molecular formula is C34H36N4O7. The number of fused-ring (bicyclic) bond motifs is 4. The topological polar surface area (TPSA) is 132 Å². The van der Waals surface area contributed by atoms with E-state index in [1.165, 1.54) is 10.8 Å². The van der Waals surface area contributed by atoms with Crippen LogP contribution in [0.25, 0.3) is 22.2 Å². The Morgan fingerprint density at radius 3 is 2.31 bits per heavy atom. The van der Waals surface area contributed by atoms with Gasteiger partial charge in [-0.15, -0.1) is 0 Å². The normalized spacial score (nSPS) is 15.3. The van der Waals surface area contributed by atoms with Gasteiger partial charge in [-0.2, -0.15) is 0 Å². The summed E-state index contributed by atoms with van der Waals surface area (Å²) in [7, 11) is 0. The number of nitrogens with one attached hydrogen (secondary N) is 1. The number of aliphatic carboxylic acids is 1. The maximum Gasteiger partial charge on any atom is 0.420 e. The van der Waals surface area contributed by atoms with Crippen LogP contribution in [0.1, 0.15) is 43.4 Å². The van der Waals surface area contributed by atoms with E-state index < -0.39 is 29.8 Å². The fourth-order valence-corrected chi connectivity index (χ4v) is 5.97. The zero-order valence-electron chi connectivity index (χ0n) is 25.5. The van der Waals surface area contributed by atoms with Crippen LogP contribution in [0.2, 0.25) is 0 Å². The van der Waals surface area contributed by atoms with Crippen LogP contribution in [-0.4, -0.2) is 77.4 Å². The summed E-state index contributed by atoms with van der Waals surface area (Å²) < 4.78 is 18.0. The number of hydrogen-bond acceptors (Lipinski definition) is 8. The van der Waals surface area contributed by atoms with E-state index in [0.29, 0.717) is 42.9 Å². The van der Waals surface area contributed by atoms with E-state index in [2.05, 4.69) is 15.2 Å². The first kappa shape index (κ1) is 30.1. The van der Waals surface area contributed by atoms with Gasteiger partial charge in [0.15, 0.2) is 0 Å². The van der Waals surface area contributed by atoms with Gasteiger partial charge in [0.25, 0.3) is 0 Å². The summed E-state index contributed by atoms with van der Waals surface area (Å²) in [5.74, 6) is -1.40. The molecule has 1 atom stereocenters. The molecule has 11 nitrogen and oxygen atoms in total. The largest absolute Gasteiger partial charge is 0.480 e. The molecule has 0 bridgehead atoms. The maximum absolute atomic E-state index is 13.1. The highest BCUT2D eigenvalue weighted by Crippen LogP contribution is 2.44. The Kier molecular flexibility index (Phi) is 8.20. The van der Waals surface area contributed by atoms with Gasteiger partial charge in [-0.1, -0.05) is 48.5 Å². The first-order valence-electron chi connectivity index (χ1n) is 15.0. The number of nitrogens with zero attached hydrogens (tertiary/aromatic N) is 3. The second-order valence-corrected chi connectivity index (χ2v) is 12.2. The lowest BCUT2D eigenvalue weighted by atomic mass is 9.98. The fraction of sp³-hybridized carbons (Fsp3) is 0.353. The van der Waals surface area contributed by atoms with Gasteiger partial charge in [0.05, 0.1) is 25.1 Å². The van der Waals surface area contributed by atoms with Crippen LogP contribution >= 0.6 is 0 Å². The predicted molar refractivity (Wildman–Crippen MR) is 168 cm³/mol. The van der Waals surface area contributed by atoms with Crippen LogP contribution in [0.5, 0.6) is 0 Å². The van der Waals surface area contributed by atoms with Crippen LogP contribution in [0.15, 0.2) is 67.0 Å². The summed E-state index contributed by atoms with van der Waals surface area (Å²) in [5.41, 5.74) is 5.22. The average molecular weight is 613 g/mol. The van der Waals surface area contributed by atoms with Gasteiger partial charge in [0, 0.05) is 37.0 Å². The van der Waals surface area contributed by atoms with Crippen LogP contribution < -0.4 is 10.2 Å². The molecular weight excluding hydrogens is 576 g/mol.